The van der Waals surface area contributed by atoms with E-state index in [-0.39, 0.29) is 35.2 Å². The van der Waals surface area contributed by atoms with Gasteiger partial charge in [-0.2, -0.15) is 4.31 Å². The first-order valence-corrected chi connectivity index (χ1v) is 15.8. The van der Waals surface area contributed by atoms with Gasteiger partial charge < -0.3 is 9.88 Å². The van der Waals surface area contributed by atoms with E-state index in [1.807, 2.05) is 45.2 Å². The lowest BCUT2D eigenvalue weighted by Crippen LogP contribution is -2.44. The second-order valence-electron chi connectivity index (χ2n) is 12.4. The van der Waals surface area contributed by atoms with Gasteiger partial charge in [0.15, 0.2) is 0 Å². The molecule has 0 unspecified atom stereocenters. The summed E-state index contributed by atoms with van der Waals surface area (Å²) in [5.74, 6) is -0.145. The number of hydrogen-bond donors (Lipinski definition) is 1. The van der Waals surface area contributed by atoms with E-state index in [2.05, 4.69) is 56.1 Å². The first-order chi connectivity index (χ1) is 19.3. The molecular formula is C34H43N3O3S. The Kier molecular flexibility index (Phi) is 9.40. The lowest BCUT2D eigenvalue weighted by Gasteiger charge is -2.28. The quantitative estimate of drug-likeness (QED) is 0.217. The van der Waals surface area contributed by atoms with Crippen LogP contribution in [0.2, 0.25) is 0 Å². The highest BCUT2D eigenvalue weighted by atomic mass is 32.2. The van der Waals surface area contributed by atoms with Crippen molar-refractivity contribution in [3.8, 4) is 0 Å². The van der Waals surface area contributed by atoms with Gasteiger partial charge >= 0.3 is 0 Å². The molecule has 4 rings (SSSR count). The van der Waals surface area contributed by atoms with Crippen LogP contribution in [0, 0.1) is 12.8 Å². The van der Waals surface area contributed by atoms with E-state index in [0.717, 1.165) is 27.6 Å². The number of rotatable bonds is 11. The Bertz CT molecular complexity index is 1560. The number of fused-ring (bicyclic) bond motifs is 1. The van der Waals surface area contributed by atoms with Gasteiger partial charge in [-0.05, 0) is 59.6 Å². The minimum atomic E-state index is -3.84. The molecular weight excluding hydrogens is 530 g/mol. The molecule has 0 aliphatic carbocycles. The zero-order valence-corrected chi connectivity index (χ0v) is 26.0. The summed E-state index contributed by atoms with van der Waals surface area (Å²) in [5, 5.41) is 1.14. The molecule has 7 heteroatoms. The van der Waals surface area contributed by atoms with Crippen molar-refractivity contribution < 1.29 is 13.2 Å². The predicted octanol–water partition coefficient (Wildman–Crippen LogP) is 6.69. The van der Waals surface area contributed by atoms with Gasteiger partial charge in [-0.1, -0.05) is 94.8 Å². The lowest BCUT2D eigenvalue weighted by molar-refractivity contribution is -0.132. The van der Waals surface area contributed by atoms with Crippen LogP contribution in [0.15, 0.2) is 83.9 Å². The molecule has 41 heavy (non-hydrogen) atoms. The number of carbonyl (C=O) groups excluding carboxylic acids is 1. The van der Waals surface area contributed by atoms with Crippen LogP contribution < -0.4 is 0 Å². The number of H-pyrrole nitrogens is 1. The van der Waals surface area contributed by atoms with Gasteiger partial charge in [0.05, 0.1) is 11.4 Å². The summed E-state index contributed by atoms with van der Waals surface area (Å²) < 4.78 is 28.7. The molecule has 1 heterocycles. The van der Waals surface area contributed by atoms with Crippen molar-refractivity contribution in [1.82, 2.24) is 14.2 Å². The largest absolute Gasteiger partial charge is 0.361 e. The summed E-state index contributed by atoms with van der Waals surface area (Å²) in [6.45, 7) is 13.3. The molecule has 0 bridgehead atoms. The van der Waals surface area contributed by atoms with Crippen LogP contribution in [0.1, 0.15) is 56.9 Å². The highest BCUT2D eigenvalue weighted by Gasteiger charge is 2.29. The van der Waals surface area contributed by atoms with Crippen molar-refractivity contribution in [2.75, 3.05) is 19.6 Å². The molecule has 1 aromatic heterocycles. The standard InChI is InChI=1S/C34H43N3O3S/c1-25(2)22-37(41(39,40)30-17-11-26(3)12-18-30)24-33(38)36(23-27-13-15-29(16-14-27)34(4,5)6)20-19-28-21-35-32-10-8-7-9-31(28)32/h7-18,21,25,35H,19-20,22-24H2,1-6H3. The third-order valence-electron chi connectivity index (χ3n) is 7.41. The lowest BCUT2D eigenvalue weighted by atomic mass is 9.87. The molecule has 4 aromatic rings. The molecule has 218 valence electrons. The Morgan fingerprint density at radius 1 is 0.927 bits per heavy atom. The SMILES string of the molecule is Cc1ccc(S(=O)(=O)N(CC(=O)N(CCc2c[nH]c3ccccc23)Cc2ccc(C(C)(C)C)cc2)CC(C)C)cc1. The maximum Gasteiger partial charge on any atom is 0.243 e. The maximum atomic E-state index is 13.9. The average molecular weight is 574 g/mol. The Morgan fingerprint density at radius 3 is 2.22 bits per heavy atom. The molecule has 0 spiro atoms. The average Bonchev–Trinajstić information content (AvgIpc) is 3.33. The molecule has 0 radical (unpaired) electrons. The number of nitrogens with zero attached hydrogens (tertiary/aromatic N) is 2. The van der Waals surface area contributed by atoms with Crippen molar-refractivity contribution in [3.05, 3.63) is 101 Å². The summed E-state index contributed by atoms with van der Waals surface area (Å²) in [7, 11) is -3.84. The number of para-hydroxylation sites is 1. The number of aromatic amines is 1. The number of amides is 1. The second-order valence-corrected chi connectivity index (χ2v) is 14.3. The van der Waals surface area contributed by atoms with Gasteiger partial charge in [-0.25, -0.2) is 8.42 Å². The van der Waals surface area contributed by atoms with Crippen LogP contribution in [0.3, 0.4) is 0 Å². The van der Waals surface area contributed by atoms with Gasteiger partial charge in [0.1, 0.15) is 0 Å². The summed E-state index contributed by atoms with van der Waals surface area (Å²) in [4.78, 5) is 19.3. The summed E-state index contributed by atoms with van der Waals surface area (Å²) >= 11 is 0. The van der Waals surface area contributed by atoms with Crippen molar-refractivity contribution in [2.24, 2.45) is 5.92 Å². The molecule has 1 amide bonds. The Hall–Kier alpha value is -3.42. The summed E-state index contributed by atoms with van der Waals surface area (Å²) in [5.41, 5.74) is 5.45. The van der Waals surface area contributed by atoms with E-state index < -0.39 is 10.0 Å². The minimum Gasteiger partial charge on any atom is -0.361 e. The van der Waals surface area contributed by atoms with E-state index >= 15 is 0 Å². The van der Waals surface area contributed by atoms with E-state index in [1.54, 1.807) is 29.2 Å². The van der Waals surface area contributed by atoms with Crippen molar-refractivity contribution in [2.45, 2.75) is 64.8 Å². The maximum absolute atomic E-state index is 13.9. The van der Waals surface area contributed by atoms with Gasteiger partial charge in [0.2, 0.25) is 15.9 Å². The zero-order chi connectivity index (χ0) is 29.8. The first-order valence-electron chi connectivity index (χ1n) is 14.3. The predicted molar refractivity (Wildman–Crippen MR) is 167 cm³/mol. The molecule has 0 fully saturated rings. The minimum absolute atomic E-state index is 0.0328. The number of hydrogen-bond acceptors (Lipinski definition) is 3. The monoisotopic (exact) mass is 573 g/mol. The van der Waals surface area contributed by atoms with E-state index in [4.69, 9.17) is 0 Å². The fourth-order valence-electron chi connectivity index (χ4n) is 4.98. The number of nitrogens with one attached hydrogen (secondary N) is 1. The van der Waals surface area contributed by atoms with Gasteiger partial charge in [0.25, 0.3) is 0 Å². The first kappa shape index (κ1) is 30.5. The van der Waals surface area contributed by atoms with E-state index in [9.17, 15) is 13.2 Å². The Labute approximate surface area is 245 Å². The van der Waals surface area contributed by atoms with E-state index in [0.29, 0.717) is 19.5 Å². The van der Waals surface area contributed by atoms with E-state index in [1.165, 1.54) is 9.87 Å². The third kappa shape index (κ3) is 7.66. The number of benzene rings is 3. The van der Waals surface area contributed by atoms with Crippen LogP contribution in [-0.2, 0) is 33.2 Å². The van der Waals surface area contributed by atoms with Crippen molar-refractivity contribution >= 4 is 26.8 Å². The van der Waals surface area contributed by atoms with Gasteiger partial charge in [0, 0.05) is 36.7 Å². The van der Waals surface area contributed by atoms with Gasteiger partial charge in [-0.3, -0.25) is 4.79 Å². The fraction of sp³-hybridized carbons (Fsp3) is 0.382. The van der Waals surface area contributed by atoms with Crippen molar-refractivity contribution in [1.29, 1.82) is 0 Å². The normalized spacial score (nSPS) is 12.4. The second kappa shape index (κ2) is 12.6. The van der Waals surface area contributed by atoms with Crippen LogP contribution in [-0.4, -0.2) is 48.1 Å². The molecule has 3 aromatic carbocycles. The third-order valence-corrected chi connectivity index (χ3v) is 9.24. The fourth-order valence-corrected chi connectivity index (χ4v) is 6.53. The summed E-state index contributed by atoms with van der Waals surface area (Å²) in [6, 6.07) is 23.3. The number of sulfonamides is 1. The number of aromatic nitrogens is 1. The van der Waals surface area contributed by atoms with Crippen LogP contribution in [0.5, 0.6) is 0 Å². The topological polar surface area (TPSA) is 73.5 Å². The van der Waals surface area contributed by atoms with Crippen LogP contribution in [0.25, 0.3) is 10.9 Å². The highest BCUT2D eigenvalue weighted by molar-refractivity contribution is 7.89. The molecule has 0 aliphatic rings. The molecule has 6 nitrogen and oxygen atoms in total. The smallest absolute Gasteiger partial charge is 0.243 e. The van der Waals surface area contributed by atoms with Crippen LogP contribution >= 0.6 is 0 Å². The molecule has 1 N–H and O–H groups in total. The number of aryl methyl sites for hydroxylation is 1. The molecule has 0 saturated carbocycles. The molecule has 0 atom stereocenters. The molecule has 0 saturated heterocycles. The Morgan fingerprint density at radius 2 is 1.59 bits per heavy atom. The highest BCUT2D eigenvalue weighted by Crippen LogP contribution is 2.24. The Balaban J connectivity index is 1.60. The van der Waals surface area contributed by atoms with Crippen molar-refractivity contribution in [3.63, 3.8) is 0 Å². The van der Waals surface area contributed by atoms with Gasteiger partial charge in [-0.15, -0.1) is 0 Å². The summed E-state index contributed by atoms with van der Waals surface area (Å²) in [6.07, 6.45) is 2.66. The molecule has 0 aliphatic heterocycles. The zero-order valence-electron chi connectivity index (χ0n) is 25.1. The van der Waals surface area contributed by atoms with Crippen LogP contribution in [0.4, 0.5) is 0 Å². The number of carbonyl (C=O) groups is 1.